The highest BCUT2D eigenvalue weighted by Gasteiger charge is 2.21. The molecule has 0 aromatic heterocycles. The van der Waals surface area contributed by atoms with Gasteiger partial charge in [0.05, 0.1) is 5.75 Å². The summed E-state index contributed by atoms with van der Waals surface area (Å²) in [6, 6.07) is -1.06. The molecule has 0 saturated carbocycles. The van der Waals surface area contributed by atoms with Crippen molar-refractivity contribution in [3.8, 4) is 0 Å². The number of hydrogen-bond acceptors (Lipinski definition) is 4. The minimum absolute atomic E-state index is 0.0105. The van der Waals surface area contributed by atoms with E-state index in [-0.39, 0.29) is 29.2 Å². The number of rotatable bonds is 7. The van der Waals surface area contributed by atoms with Crippen LogP contribution in [0.15, 0.2) is 0 Å². The Hall–Kier alpha value is -1.24. The lowest BCUT2D eigenvalue weighted by atomic mass is 10.1. The molecule has 4 N–H and O–H groups in total. The fourth-order valence-corrected chi connectivity index (χ4v) is 1.71. The van der Waals surface area contributed by atoms with Crippen molar-refractivity contribution in [3.63, 3.8) is 0 Å². The number of carboxylic acids is 1. The van der Waals surface area contributed by atoms with E-state index in [2.05, 4.69) is 5.32 Å². The van der Waals surface area contributed by atoms with Crippen molar-refractivity contribution in [2.24, 2.45) is 5.73 Å². The zero-order valence-corrected chi connectivity index (χ0v) is 11.7. The third-order valence-electron chi connectivity index (χ3n) is 1.95. The molecule has 0 saturated heterocycles. The highest BCUT2D eigenvalue weighted by atomic mass is 32.2. The molecule has 0 aromatic carbocycles. The molecule has 18 heavy (non-hydrogen) atoms. The van der Waals surface area contributed by atoms with Crippen LogP contribution in [-0.4, -0.2) is 39.4 Å². The van der Waals surface area contributed by atoms with Crippen LogP contribution in [0.4, 0.5) is 0 Å². The minimum atomic E-state index is -1.16. The number of carbonyl (C=O) groups is 3. The number of thioether (sulfide) groups is 1. The quantitative estimate of drug-likeness (QED) is 0.621. The maximum Gasteiger partial charge on any atom is 0.326 e. The largest absolute Gasteiger partial charge is 0.480 e. The van der Waals surface area contributed by atoms with Crippen LogP contribution in [-0.2, 0) is 14.4 Å². The van der Waals surface area contributed by atoms with Crippen LogP contribution in [0.25, 0.3) is 0 Å². The topological polar surface area (TPSA) is 109 Å². The van der Waals surface area contributed by atoms with Gasteiger partial charge in [0.2, 0.25) is 11.8 Å². The molecule has 0 unspecified atom stereocenters. The molecule has 0 fully saturated rings. The van der Waals surface area contributed by atoms with Crippen molar-refractivity contribution in [1.82, 2.24) is 5.32 Å². The normalized spacial score (nSPS) is 12.8. The fourth-order valence-electron chi connectivity index (χ4n) is 1.06. The molecule has 6 nitrogen and oxygen atoms in total. The number of carbonyl (C=O) groups excluding carboxylic acids is 2. The van der Waals surface area contributed by atoms with E-state index in [4.69, 9.17) is 10.8 Å². The highest BCUT2D eigenvalue weighted by molar-refractivity contribution is 8.01. The first-order valence-electron chi connectivity index (χ1n) is 5.56. The summed E-state index contributed by atoms with van der Waals surface area (Å²) in [4.78, 5) is 33.0. The Morgan fingerprint density at radius 1 is 1.33 bits per heavy atom. The molecule has 0 aromatic rings. The van der Waals surface area contributed by atoms with Gasteiger partial charge in [-0.3, -0.25) is 9.59 Å². The van der Waals surface area contributed by atoms with Gasteiger partial charge in [-0.1, -0.05) is 20.8 Å². The molecule has 0 aliphatic carbocycles. The van der Waals surface area contributed by atoms with Crippen LogP contribution in [0.3, 0.4) is 0 Å². The summed E-state index contributed by atoms with van der Waals surface area (Å²) in [6.45, 7) is 5.89. The standard InChI is InChI=1S/C11H20N2O4S/c1-11(2,3)18-6-9(15)13-7(10(16)17)4-5-8(12)14/h7H,4-6H2,1-3H3,(H2,12,14)(H,13,15)(H,16,17)/t7-/m1/s1. The van der Waals surface area contributed by atoms with Gasteiger partial charge < -0.3 is 16.2 Å². The second-order valence-corrected chi connectivity index (χ2v) is 6.67. The van der Waals surface area contributed by atoms with Crippen molar-refractivity contribution < 1.29 is 19.5 Å². The van der Waals surface area contributed by atoms with Gasteiger partial charge in [0.1, 0.15) is 6.04 Å². The average Bonchev–Trinajstić information content (AvgIpc) is 2.19. The summed E-state index contributed by atoms with van der Waals surface area (Å²) in [5.41, 5.74) is 4.94. The van der Waals surface area contributed by atoms with E-state index in [1.807, 2.05) is 20.8 Å². The van der Waals surface area contributed by atoms with Crippen molar-refractivity contribution in [2.75, 3.05) is 5.75 Å². The lowest BCUT2D eigenvalue weighted by Crippen LogP contribution is -2.42. The number of nitrogens with two attached hydrogens (primary N) is 1. The first kappa shape index (κ1) is 16.8. The van der Waals surface area contributed by atoms with Crippen LogP contribution in [0.2, 0.25) is 0 Å². The van der Waals surface area contributed by atoms with E-state index in [0.29, 0.717) is 0 Å². The van der Waals surface area contributed by atoms with Gasteiger partial charge in [-0.2, -0.15) is 0 Å². The number of nitrogens with one attached hydrogen (secondary N) is 1. The second-order valence-electron chi connectivity index (χ2n) is 4.86. The van der Waals surface area contributed by atoms with E-state index < -0.39 is 17.9 Å². The zero-order chi connectivity index (χ0) is 14.3. The molecule has 0 aliphatic rings. The number of amides is 2. The molecule has 0 aliphatic heterocycles. The molecule has 104 valence electrons. The summed E-state index contributed by atoms with van der Waals surface area (Å²) >= 11 is 1.42. The van der Waals surface area contributed by atoms with Gasteiger partial charge in [0.15, 0.2) is 0 Å². The lowest BCUT2D eigenvalue weighted by Gasteiger charge is -2.18. The maximum atomic E-state index is 11.5. The van der Waals surface area contributed by atoms with Crippen LogP contribution >= 0.6 is 11.8 Å². The van der Waals surface area contributed by atoms with Crippen LogP contribution in [0.5, 0.6) is 0 Å². The fraction of sp³-hybridized carbons (Fsp3) is 0.727. The molecule has 7 heteroatoms. The number of primary amides is 1. The maximum absolute atomic E-state index is 11.5. The monoisotopic (exact) mass is 276 g/mol. The van der Waals surface area contributed by atoms with Crippen molar-refractivity contribution in [3.05, 3.63) is 0 Å². The third kappa shape index (κ3) is 8.86. The van der Waals surface area contributed by atoms with E-state index in [9.17, 15) is 14.4 Å². The summed E-state index contributed by atoms with van der Waals surface area (Å²) < 4.78 is -0.0662. The Labute approximate surface area is 111 Å². The number of carboxylic acid groups (broad SMARTS) is 1. The molecule has 2 amide bonds. The predicted octanol–water partition coefficient (Wildman–Crippen LogP) is 0.353. The summed E-state index contributed by atoms with van der Waals surface area (Å²) in [5.74, 6) is -1.92. The molecule has 1 atom stereocenters. The Morgan fingerprint density at radius 2 is 1.89 bits per heavy atom. The lowest BCUT2D eigenvalue weighted by molar-refractivity contribution is -0.141. The smallest absolute Gasteiger partial charge is 0.326 e. The van der Waals surface area contributed by atoms with Crippen LogP contribution < -0.4 is 11.1 Å². The third-order valence-corrected chi connectivity index (χ3v) is 3.22. The number of hydrogen-bond donors (Lipinski definition) is 3. The van der Waals surface area contributed by atoms with Gasteiger partial charge in [-0.15, -0.1) is 11.8 Å². The Morgan fingerprint density at radius 3 is 2.28 bits per heavy atom. The number of aliphatic carboxylic acids is 1. The Bertz CT molecular complexity index is 325. The highest BCUT2D eigenvalue weighted by Crippen LogP contribution is 2.22. The van der Waals surface area contributed by atoms with Crippen molar-refractivity contribution >= 4 is 29.5 Å². The van der Waals surface area contributed by atoms with Gasteiger partial charge >= 0.3 is 5.97 Å². The molecular formula is C11H20N2O4S. The molecule has 0 heterocycles. The van der Waals surface area contributed by atoms with Gasteiger partial charge in [0, 0.05) is 11.2 Å². The Kier molecular flexibility index (Phi) is 6.75. The molecular weight excluding hydrogens is 256 g/mol. The average molecular weight is 276 g/mol. The van der Waals surface area contributed by atoms with Gasteiger partial charge in [0.25, 0.3) is 0 Å². The SMILES string of the molecule is CC(C)(C)SCC(=O)N[C@H](CCC(N)=O)C(=O)O. The molecule has 0 radical (unpaired) electrons. The summed E-state index contributed by atoms with van der Waals surface area (Å²) in [7, 11) is 0. The van der Waals surface area contributed by atoms with Crippen LogP contribution in [0.1, 0.15) is 33.6 Å². The first-order valence-corrected chi connectivity index (χ1v) is 6.55. The minimum Gasteiger partial charge on any atom is -0.480 e. The van der Waals surface area contributed by atoms with Crippen LogP contribution in [0, 0.1) is 0 Å². The summed E-state index contributed by atoms with van der Waals surface area (Å²) in [5, 5.41) is 11.3. The molecule has 0 bridgehead atoms. The van der Waals surface area contributed by atoms with Gasteiger partial charge in [-0.05, 0) is 6.42 Å². The van der Waals surface area contributed by atoms with Crippen molar-refractivity contribution in [1.29, 1.82) is 0 Å². The summed E-state index contributed by atoms with van der Waals surface area (Å²) in [6.07, 6.45) is -0.0553. The van der Waals surface area contributed by atoms with E-state index >= 15 is 0 Å². The second kappa shape index (κ2) is 7.25. The van der Waals surface area contributed by atoms with E-state index in [1.165, 1.54) is 11.8 Å². The van der Waals surface area contributed by atoms with Gasteiger partial charge in [-0.25, -0.2) is 4.79 Å². The molecule has 0 rings (SSSR count). The zero-order valence-electron chi connectivity index (χ0n) is 10.9. The predicted molar refractivity (Wildman–Crippen MR) is 70.2 cm³/mol. The van der Waals surface area contributed by atoms with E-state index in [0.717, 1.165) is 0 Å². The first-order chi connectivity index (χ1) is 8.11. The van der Waals surface area contributed by atoms with E-state index in [1.54, 1.807) is 0 Å². The van der Waals surface area contributed by atoms with Crippen molar-refractivity contribution in [2.45, 2.75) is 44.4 Å². The molecule has 0 spiro atoms. The Balaban J connectivity index is 4.20.